The molecule has 4 nitrogen and oxygen atoms in total. The summed E-state index contributed by atoms with van der Waals surface area (Å²) in [4.78, 5) is 6.04. The van der Waals surface area contributed by atoms with Gasteiger partial charge >= 0.3 is 6.18 Å². The lowest BCUT2D eigenvalue weighted by Gasteiger charge is -2.20. The Bertz CT molecular complexity index is 560. The lowest BCUT2D eigenvalue weighted by Crippen LogP contribution is -2.45. The van der Waals surface area contributed by atoms with Crippen LogP contribution >= 0.6 is 0 Å². The standard InChI is InChI=1S/C19H29F3N4/c1-3-23-18(24-11-9-15(2)16-7-5-4-6-8-16)25-17-10-12-26(13-17)14-19(20,21)22/h4-8,15,17H,3,9-14H2,1-2H3,(H2,23,24,25). The largest absolute Gasteiger partial charge is 0.401 e. The quantitative estimate of drug-likeness (QED) is 0.571. The number of benzene rings is 1. The molecular weight excluding hydrogens is 341 g/mol. The van der Waals surface area contributed by atoms with E-state index in [1.165, 1.54) is 10.5 Å². The van der Waals surface area contributed by atoms with Crippen molar-refractivity contribution in [2.75, 3.05) is 32.7 Å². The SMILES string of the molecule is CCNC(=NCCC(C)c1ccccc1)NC1CCN(CC(F)(F)F)C1. The van der Waals surface area contributed by atoms with E-state index in [1.807, 2.05) is 25.1 Å². The van der Waals surface area contributed by atoms with E-state index in [1.54, 1.807) is 0 Å². The summed E-state index contributed by atoms with van der Waals surface area (Å²) < 4.78 is 37.5. The van der Waals surface area contributed by atoms with Gasteiger partial charge in [-0.25, -0.2) is 0 Å². The van der Waals surface area contributed by atoms with E-state index in [4.69, 9.17) is 0 Å². The Morgan fingerprint density at radius 1 is 1.31 bits per heavy atom. The number of guanidine groups is 1. The number of nitrogens with zero attached hydrogens (tertiary/aromatic N) is 2. The minimum atomic E-state index is -4.14. The molecule has 1 aliphatic heterocycles. The molecular formula is C19H29F3N4. The summed E-state index contributed by atoms with van der Waals surface area (Å²) in [7, 11) is 0. The molecule has 0 saturated carbocycles. The first-order chi connectivity index (χ1) is 12.4. The molecule has 0 bridgehead atoms. The minimum absolute atomic E-state index is 0.00157. The number of hydrogen-bond donors (Lipinski definition) is 2. The Kier molecular flexibility index (Phi) is 7.75. The molecule has 7 heteroatoms. The van der Waals surface area contributed by atoms with Crippen LogP contribution in [0.2, 0.25) is 0 Å². The van der Waals surface area contributed by atoms with Crippen LogP contribution in [0.25, 0.3) is 0 Å². The topological polar surface area (TPSA) is 39.7 Å². The maximum absolute atomic E-state index is 12.5. The molecule has 146 valence electrons. The number of hydrogen-bond acceptors (Lipinski definition) is 2. The summed E-state index contributed by atoms with van der Waals surface area (Å²) >= 11 is 0. The number of halogens is 3. The highest BCUT2D eigenvalue weighted by molar-refractivity contribution is 5.80. The van der Waals surface area contributed by atoms with Crippen LogP contribution in [-0.4, -0.2) is 55.8 Å². The van der Waals surface area contributed by atoms with Gasteiger partial charge in [0.2, 0.25) is 0 Å². The molecule has 1 fully saturated rings. The Labute approximate surface area is 153 Å². The van der Waals surface area contributed by atoms with E-state index in [2.05, 4.69) is 34.7 Å². The van der Waals surface area contributed by atoms with Crippen molar-refractivity contribution in [2.45, 2.75) is 44.8 Å². The molecule has 0 radical (unpaired) electrons. The Morgan fingerprint density at radius 3 is 2.69 bits per heavy atom. The van der Waals surface area contributed by atoms with Gasteiger partial charge in [0.05, 0.1) is 6.54 Å². The molecule has 2 atom stereocenters. The van der Waals surface area contributed by atoms with Crippen LogP contribution in [0.5, 0.6) is 0 Å². The van der Waals surface area contributed by atoms with Crippen LogP contribution in [0.15, 0.2) is 35.3 Å². The summed E-state index contributed by atoms with van der Waals surface area (Å²) in [5.74, 6) is 1.10. The van der Waals surface area contributed by atoms with Crippen molar-refractivity contribution < 1.29 is 13.2 Å². The molecule has 26 heavy (non-hydrogen) atoms. The van der Waals surface area contributed by atoms with Crippen LogP contribution in [0.3, 0.4) is 0 Å². The number of aliphatic imine (C=N–C) groups is 1. The third-order valence-electron chi connectivity index (χ3n) is 4.56. The third-order valence-corrected chi connectivity index (χ3v) is 4.56. The first kappa shape index (κ1) is 20.6. The Hall–Kier alpha value is -1.76. The van der Waals surface area contributed by atoms with E-state index >= 15 is 0 Å². The third kappa shape index (κ3) is 7.23. The van der Waals surface area contributed by atoms with Gasteiger partial charge in [0.1, 0.15) is 0 Å². The lowest BCUT2D eigenvalue weighted by molar-refractivity contribution is -0.143. The predicted molar refractivity (Wildman–Crippen MR) is 99.5 cm³/mol. The molecule has 1 heterocycles. The minimum Gasteiger partial charge on any atom is -0.357 e. The van der Waals surface area contributed by atoms with E-state index in [-0.39, 0.29) is 6.04 Å². The highest BCUT2D eigenvalue weighted by Gasteiger charge is 2.34. The fourth-order valence-electron chi connectivity index (χ4n) is 3.18. The summed E-state index contributed by atoms with van der Waals surface area (Å²) in [5, 5.41) is 6.46. The van der Waals surface area contributed by atoms with Crippen molar-refractivity contribution in [1.29, 1.82) is 0 Å². The normalized spacial score (nSPS) is 20.2. The second-order valence-electron chi connectivity index (χ2n) is 6.84. The maximum atomic E-state index is 12.5. The van der Waals surface area contributed by atoms with Crippen LogP contribution in [0, 0.1) is 0 Å². The zero-order chi connectivity index (χ0) is 19.0. The van der Waals surface area contributed by atoms with Gasteiger partial charge in [-0.2, -0.15) is 13.2 Å². The number of alkyl halides is 3. The molecule has 1 saturated heterocycles. The molecule has 0 aromatic heterocycles. The fourth-order valence-corrected chi connectivity index (χ4v) is 3.18. The van der Waals surface area contributed by atoms with E-state index in [0.29, 0.717) is 37.9 Å². The lowest BCUT2D eigenvalue weighted by atomic mass is 9.98. The van der Waals surface area contributed by atoms with Crippen molar-refractivity contribution in [3.05, 3.63) is 35.9 Å². The van der Waals surface area contributed by atoms with Gasteiger partial charge < -0.3 is 10.6 Å². The molecule has 1 aromatic rings. The second-order valence-corrected chi connectivity index (χ2v) is 6.84. The first-order valence-corrected chi connectivity index (χ1v) is 9.26. The molecule has 1 aliphatic rings. The Balaban J connectivity index is 1.81. The predicted octanol–water partition coefficient (Wildman–Crippen LogP) is 3.37. The highest BCUT2D eigenvalue weighted by Crippen LogP contribution is 2.20. The van der Waals surface area contributed by atoms with Crippen LogP contribution in [-0.2, 0) is 0 Å². The van der Waals surface area contributed by atoms with Gasteiger partial charge in [-0.05, 0) is 31.2 Å². The molecule has 1 aromatic carbocycles. The van der Waals surface area contributed by atoms with Gasteiger partial charge in [-0.1, -0.05) is 37.3 Å². The molecule has 2 N–H and O–H groups in total. The number of nitrogens with one attached hydrogen (secondary N) is 2. The first-order valence-electron chi connectivity index (χ1n) is 9.26. The maximum Gasteiger partial charge on any atom is 0.401 e. The zero-order valence-corrected chi connectivity index (χ0v) is 15.5. The summed E-state index contributed by atoms with van der Waals surface area (Å²) in [6.07, 6.45) is -2.52. The van der Waals surface area contributed by atoms with Crippen molar-refractivity contribution in [3.63, 3.8) is 0 Å². The molecule has 0 spiro atoms. The van der Waals surface area contributed by atoms with E-state index in [9.17, 15) is 13.2 Å². The van der Waals surface area contributed by atoms with Crippen LogP contribution in [0.4, 0.5) is 13.2 Å². The van der Waals surface area contributed by atoms with Gasteiger partial charge in [-0.3, -0.25) is 9.89 Å². The molecule has 2 rings (SSSR count). The average molecular weight is 370 g/mol. The van der Waals surface area contributed by atoms with Gasteiger partial charge in [0, 0.05) is 32.2 Å². The van der Waals surface area contributed by atoms with Gasteiger partial charge in [0.25, 0.3) is 0 Å². The highest BCUT2D eigenvalue weighted by atomic mass is 19.4. The molecule has 2 unspecified atom stereocenters. The number of rotatable bonds is 7. The average Bonchev–Trinajstić information content (AvgIpc) is 3.00. The smallest absolute Gasteiger partial charge is 0.357 e. The van der Waals surface area contributed by atoms with E-state index in [0.717, 1.165) is 13.0 Å². The monoisotopic (exact) mass is 370 g/mol. The summed E-state index contributed by atoms with van der Waals surface area (Å²) in [5.41, 5.74) is 1.29. The van der Waals surface area contributed by atoms with Crippen LogP contribution in [0.1, 0.15) is 38.2 Å². The summed E-state index contributed by atoms with van der Waals surface area (Å²) in [6, 6.07) is 10.3. The zero-order valence-electron chi connectivity index (χ0n) is 15.5. The van der Waals surface area contributed by atoms with Gasteiger partial charge in [-0.15, -0.1) is 0 Å². The van der Waals surface area contributed by atoms with Crippen molar-refractivity contribution in [2.24, 2.45) is 4.99 Å². The van der Waals surface area contributed by atoms with E-state index < -0.39 is 12.7 Å². The number of likely N-dealkylation sites (tertiary alicyclic amines) is 1. The van der Waals surface area contributed by atoms with Gasteiger partial charge in [0.15, 0.2) is 5.96 Å². The van der Waals surface area contributed by atoms with Crippen molar-refractivity contribution >= 4 is 5.96 Å². The molecule has 0 amide bonds. The van der Waals surface area contributed by atoms with Crippen LogP contribution < -0.4 is 10.6 Å². The van der Waals surface area contributed by atoms with Crippen molar-refractivity contribution in [1.82, 2.24) is 15.5 Å². The summed E-state index contributed by atoms with van der Waals surface area (Å²) in [6.45, 7) is 5.56. The second kappa shape index (κ2) is 9.80. The van der Waals surface area contributed by atoms with Crippen molar-refractivity contribution in [3.8, 4) is 0 Å². The Morgan fingerprint density at radius 2 is 2.04 bits per heavy atom. The fraction of sp³-hybridized carbons (Fsp3) is 0.632. The molecule has 0 aliphatic carbocycles.